The van der Waals surface area contributed by atoms with Crippen molar-refractivity contribution in [2.24, 2.45) is 4.99 Å². The number of sulfonamides is 1. The van der Waals surface area contributed by atoms with E-state index in [4.69, 9.17) is 4.99 Å². The molecule has 3 fully saturated rings. The van der Waals surface area contributed by atoms with Gasteiger partial charge in [0.25, 0.3) is 0 Å². The van der Waals surface area contributed by atoms with Gasteiger partial charge in [0.2, 0.25) is 0 Å². The summed E-state index contributed by atoms with van der Waals surface area (Å²) in [6, 6.07) is 5.57. The Bertz CT molecular complexity index is 1300. The van der Waals surface area contributed by atoms with Crippen molar-refractivity contribution in [1.82, 2.24) is 9.62 Å². The maximum absolute atomic E-state index is 14.1. The number of rotatable bonds is 4. The van der Waals surface area contributed by atoms with E-state index in [1.54, 1.807) is 0 Å². The maximum Gasteiger partial charge on any atom is 0.416 e. The van der Waals surface area contributed by atoms with Crippen molar-refractivity contribution in [3.8, 4) is 0 Å². The van der Waals surface area contributed by atoms with Crippen LogP contribution in [-0.2, 0) is 20.8 Å². The molecule has 2 heterocycles. The van der Waals surface area contributed by atoms with Crippen LogP contribution in [0.5, 0.6) is 0 Å². The van der Waals surface area contributed by atoms with E-state index in [2.05, 4.69) is 5.32 Å². The molecule has 3 aliphatic rings. The van der Waals surface area contributed by atoms with Crippen LogP contribution in [0.1, 0.15) is 44.1 Å². The van der Waals surface area contributed by atoms with E-state index in [1.807, 2.05) is 0 Å². The van der Waals surface area contributed by atoms with E-state index in [0.717, 1.165) is 60.3 Å². The molecule has 1 atom stereocenters. The van der Waals surface area contributed by atoms with Crippen molar-refractivity contribution in [3.05, 3.63) is 59.7 Å². The fourth-order valence-electron chi connectivity index (χ4n) is 5.51. The summed E-state index contributed by atoms with van der Waals surface area (Å²) in [6.45, 7) is -0.295. The average Bonchev–Trinajstić information content (AvgIpc) is 3.45. The number of piperidine rings is 1. The molecule has 1 N–H and O–H groups in total. The lowest BCUT2D eigenvalue weighted by Gasteiger charge is -2.43. The summed E-state index contributed by atoms with van der Waals surface area (Å²) in [4.78, 5) is 18.6. The number of amides is 2. The molecule has 2 amide bonds. The van der Waals surface area contributed by atoms with Crippen molar-refractivity contribution < 1.29 is 35.5 Å². The number of amidine groups is 1. The highest BCUT2D eigenvalue weighted by molar-refractivity contribution is 7.95. The molecular weight excluding hydrogens is 531 g/mol. The summed E-state index contributed by atoms with van der Waals surface area (Å²) in [5.74, 6) is -1.45. The molecule has 1 spiro atoms. The predicted octanol–water partition coefficient (Wildman–Crippen LogP) is 5.29. The highest BCUT2D eigenvalue weighted by Gasteiger charge is 2.55. The van der Waals surface area contributed by atoms with Gasteiger partial charge in [0, 0.05) is 25.2 Å². The highest BCUT2D eigenvalue weighted by atomic mass is 32.3. The van der Waals surface area contributed by atoms with Crippen LogP contribution in [0, 0.1) is 11.6 Å². The molecule has 2 saturated heterocycles. The number of aliphatic imine (C=N–C) groups is 1. The lowest BCUT2D eigenvalue weighted by Crippen LogP contribution is -2.58. The summed E-state index contributed by atoms with van der Waals surface area (Å²) in [7, 11) is -4.29. The van der Waals surface area contributed by atoms with E-state index in [1.165, 1.54) is 4.90 Å². The van der Waals surface area contributed by atoms with E-state index in [0.29, 0.717) is 18.0 Å². The van der Waals surface area contributed by atoms with Gasteiger partial charge in [-0.1, -0.05) is 23.1 Å². The van der Waals surface area contributed by atoms with Crippen LogP contribution in [0.15, 0.2) is 52.4 Å². The first-order chi connectivity index (χ1) is 17.9. The number of anilines is 1. The van der Waals surface area contributed by atoms with Gasteiger partial charge in [-0.2, -0.15) is 13.2 Å². The van der Waals surface area contributed by atoms with E-state index in [9.17, 15) is 35.5 Å². The molecule has 204 valence electrons. The fourth-order valence-corrected chi connectivity index (χ4v) is 7.00. The first kappa shape index (κ1) is 26.7. The molecule has 1 saturated carbocycles. The lowest BCUT2D eigenvalue weighted by atomic mass is 9.85. The van der Waals surface area contributed by atoms with Crippen LogP contribution < -0.4 is 10.2 Å². The van der Waals surface area contributed by atoms with Crippen LogP contribution in [0.25, 0.3) is 0 Å². The van der Waals surface area contributed by atoms with Crippen molar-refractivity contribution >= 4 is 28.0 Å². The maximum atomic E-state index is 14.1. The second kappa shape index (κ2) is 9.69. The summed E-state index contributed by atoms with van der Waals surface area (Å²) in [5.41, 5.74) is -2.31. The van der Waals surface area contributed by atoms with Gasteiger partial charge < -0.3 is 4.55 Å². The Morgan fingerprint density at radius 2 is 1.66 bits per heavy atom. The average molecular weight is 557 g/mol. The van der Waals surface area contributed by atoms with Crippen molar-refractivity contribution in [2.45, 2.75) is 61.2 Å². The minimum Gasteiger partial charge on any atom is -0.593 e. The zero-order chi connectivity index (χ0) is 27.3. The number of nitrogens with one attached hydrogen (secondary N) is 1. The van der Waals surface area contributed by atoms with Gasteiger partial charge in [0.05, 0.1) is 17.3 Å². The largest absolute Gasteiger partial charge is 0.593 e. The number of hydrogen-bond donors (Lipinski definition) is 1. The van der Waals surface area contributed by atoms with E-state index < -0.39 is 50.2 Å². The van der Waals surface area contributed by atoms with E-state index >= 15 is 0 Å². The molecule has 0 aromatic heterocycles. The predicted molar refractivity (Wildman–Crippen MR) is 129 cm³/mol. The second-order valence-electron chi connectivity index (χ2n) is 9.77. The number of carbonyl (C=O) groups is 1. The number of benzene rings is 2. The number of hydrogen-bond acceptors (Lipinski definition) is 4. The molecule has 1 aliphatic carbocycles. The topological polar surface area (TPSA) is 88.1 Å². The zero-order valence-electron chi connectivity index (χ0n) is 20.1. The minimum absolute atomic E-state index is 0.0214. The van der Waals surface area contributed by atoms with Crippen molar-refractivity contribution in [2.75, 3.05) is 18.0 Å². The van der Waals surface area contributed by atoms with Gasteiger partial charge in [0.1, 0.15) is 23.0 Å². The summed E-state index contributed by atoms with van der Waals surface area (Å²) >= 11 is 0. The molecule has 0 radical (unpaired) electrons. The third-order valence-electron chi connectivity index (χ3n) is 7.39. The van der Waals surface area contributed by atoms with Crippen molar-refractivity contribution in [1.29, 1.82) is 0 Å². The second-order valence-corrected chi connectivity index (χ2v) is 11.7. The number of carbonyl (C=O) groups excluding carboxylic acids is 1. The normalized spacial score (nSPS) is 23.3. The lowest BCUT2D eigenvalue weighted by molar-refractivity contribution is -0.137. The smallest absolute Gasteiger partial charge is 0.416 e. The molecule has 1 unspecified atom stereocenters. The van der Waals surface area contributed by atoms with Gasteiger partial charge in [-0.25, -0.2) is 13.6 Å². The fraction of sp³-hybridized carbons (Fsp3) is 0.440. The Kier molecular flexibility index (Phi) is 6.81. The Morgan fingerprint density at radius 3 is 2.26 bits per heavy atom. The van der Waals surface area contributed by atoms with Gasteiger partial charge in [0.15, 0.2) is 15.3 Å². The summed E-state index contributed by atoms with van der Waals surface area (Å²) in [6.07, 6.45) is -1.07. The Hall–Kier alpha value is -2.90. The monoisotopic (exact) mass is 556 g/mol. The molecule has 2 aromatic rings. The zero-order valence-corrected chi connectivity index (χ0v) is 21.0. The highest BCUT2D eigenvalue weighted by Crippen LogP contribution is 2.41. The van der Waals surface area contributed by atoms with Crippen LogP contribution in [0.3, 0.4) is 0 Å². The molecule has 2 aliphatic heterocycles. The third kappa shape index (κ3) is 4.82. The van der Waals surface area contributed by atoms with Gasteiger partial charge >= 0.3 is 12.2 Å². The first-order valence-electron chi connectivity index (χ1n) is 12.2. The molecular formula is C25H25F5N4O3S. The molecule has 38 heavy (non-hydrogen) atoms. The molecule has 13 heteroatoms. The van der Waals surface area contributed by atoms with Crippen LogP contribution in [-0.4, -0.2) is 45.4 Å². The van der Waals surface area contributed by atoms with Crippen LogP contribution in [0.4, 0.5) is 32.4 Å². The molecule has 2 aromatic carbocycles. The number of alkyl halides is 3. The third-order valence-corrected chi connectivity index (χ3v) is 9.28. The first-order valence-corrected chi connectivity index (χ1v) is 13.7. The minimum atomic E-state index is -4.71. The quantitative estimate of drug-likeness (QED) is 0.410. The molecule has 7 nitrogen and oxygen atoms in total. The van der Waals surface area contributed by atoms with E-state index in [-0.39, 0.29) is 37.7 Å². The Labute approximate surface area is 217 Å². The molecule has 5 rings (SSSR count). The molecule has 0 bridgehead atoms. The SMILES string of the molecule is O=C1NC(=NC2CCCC2)C2(CCN([S+](=O)([O-])c3cccc(C(F)(F)F)c3)CC2)N1c1cc(F)cc(F)c1. The van der Waals surface area contributed by atoms with Crippen LogP contribution in [0.2, 0.25) is 0 Å². The van der Waals surface area contributed by atoms with Gasteiger partial charge in [-0.3, -0.25) is 15.2 Å². The van der Waals surface area contributed by atoms with Crippen LogP contribution >= 0.6 is 0 Å². The Morgan fingerprint density at radius 1 is 1.03 bits per heavy atom. The van der Waals surface area contributed by atoms with Gasteiger partial charge in [-0.15, -0.1) is 4.31 Å². The summed E-state index contributed by atoms with van der Waals surface area (Å²) < 4.78 is 95.4. The van der Waals surface area contributed by atoms with Crippen molar-refractivity contribution in [3.63, 3.8) is 0 Å². The number of nitrogens with zero attached hydrogens (tertiary/aromatic N) is 3. The number of urea groups is 1. The van der Waals surface area contributed by atoms with Gasteiger partial charge in [-0.05, 0) is 49.9 Å². The standard InChI is InChI=1S/C25H25F5N4O3S/c26-17-13-18(27)15-20(14-17)34-23(35)32-22(31-19-5-1-2-6-19)24(34)8-10-33(11-9-24)38(36,37)21-7-3-4-16(12-21)25(28,29)30/h3-4,7,12-15,19H,1-2,5-6,8-11H2,(H-,31,32,35,36,37). The Balaban J connectivity index is 1.48. The summed E-state index contributed by atoms with van der Waals surface area (Å²) in [5, 5.41) is 2.74. The number of halogens is 5.